The number of rotatable bonds is 5. The van der Waals surface area contributed by atoms with Crippen LogP contribution >= 0.6 is 0 Å². The van der Waals surface area contributed by atoms with Crippen molar-refractivity contribution in [2.24, 2.45) is 5.92 Å². The maximum atomic E-state index is 11.9. The molecule has 0 heterocycles. The zero-order chi connectivity index (χ0) is 12.8. The maximum absolute atomic E-state index is 11.9. The van der Waals surface area contributed by atoms with Crippen LogP contribution in [0.15, 0.2) is 24.3 Å². The molecule has 1 N–H and O–H groups in total. The van der Waals surface area contributed by atoms with E-state index >= 15 is 0 Å². The van der Waals surface area contributed by atoms with Gasteiger partial charge in [-0.05, 0) is 36.5 Å². The highest BCUT2D eigenvalue weighted by Crippen LogP contribution is 2.27. The quantitative estimate of drug-likeness (QED) is 0.866. The van der Waals surface area contributed by atoms with Gasteiger partial charge in [0.25, 0.3) is 0 Å². The number of ether oxygens (including phenoxy) is 1. The smallest absolute Gasteiger partial charge is 0.224 e. The molecular weight excluding hydrogens is 226 g/mol. The van der Waals surface area contributed by atoms with Crippen LogP contribution in [0.2, 0.25) is 0 Å². The minimum Gasteiger partial charge on any atom is -0.380 e. The largest absolute Gasteiger partial charge is 0.380 e. The van der Waals surface area contributed by atoms with Crippen molar-refractivity contribution in [3.8, 4) is 0 Å². The molecule has 98 valence electrons. The third-order valence-corrected chi connectivity index (χ3v) is 3.47. The number of nitrogens with one attached hydrogen (secondary N) is 1. The Labute approximate surface area is 109 Å². The van der Waals surface area contributed by atoms with E-state index in [0.29, 0.717) is 18.9 Å². The summed E-state index contributed by atoms with van der Waals surface area (Å²) in [6, 6.07) is 7.83. The Hall–Kier alpha value is -1.35. The average molecular weight is 247 g/mol. The van der Waals surface area contributed by atoms with Crippen LogP contribution in [0.5, 0.6) is 0 Å². The normalized spacial score (nSPS) is 15.8. The lowest BCUT2D eigenvalue weighted by atomic mass is 10.0. The van der Waals surface area contributed by atoms with Gasteiger partial charge in [0.05, 0.1) is 6.61 Å². The van der Waals surface area contributed by atoms with Crippen molar-refractivity contribution in [2.45, 2.75) is 38.7 Å². The van der Waals surface area contributed by atoms with Crippen LogP contribution in [-0.2, 0) is 16.1 Å². The van der Waals surface area contributed by atoms with Crippen LogP contribution in [0.25, 0.3) is 0 Å². The molecule has 0 saturated heterocycles. The van der Waals surface area contributed by atoms with Gasteiger partial charge in [-0.25, -0.2) is 0 Å². The first-order valence-electron chi connectivity index (χ1n) is 6.65. The van der Waals surface area contributed by atoms with Gasteiger partial charge in [-0.2, -0.15) is 0 Å². The van der Waals surface area contributed by atoms with Gasteiger partial charge < -0.3 is 10.1 Å². The molecule has 0 radical (unpaired) electrons. The molecule has 1 saturated carbocycles. The van der Waals surface area contributed by atoms with Crippen molar-refractivity contribution in [2.75, 3.05) is 12.4 Å². The second-order valence-electron chi connectivity index (χ2n) is 5.04. The summed E-state index contributed by atoms with van der Waals surface area (Å²) in [5.41, 5.74) is 1.95. The van der Waals surface area contributed by atoms with E-state index in [-0.39, 0.29) is 5.91 Å². The highest BCUT2D eigenvalue weighted by Gasteiger charge is 2.18. The summed E-state index contributed by atoms with van der Waals surface area (Å²) in [4.78, 5) is 11.9. The van der Waals surface area contributed by atoms with Crippen LogP contribution in [0.3, 0.4) is 0 Å². The topological polar surface area (TPSA) is 38.3 Å². The number of methoxy groups -OCH3 is 1. The predicted molar refractivity (Wildman–Crippen MR) is 72.4 cm³/mol. The summed E-state index contributed by atoms with van der Waals surface area (Å²) in [5.74, 6) is 0.726. The zero-order valence-electron chi connectivity index (χ0n) is 10.9. The van der Waals surface area contributed by atoms with Crippen molar-refractivity contribution >= 4 is 11.6 Å². The Bertz CT molecular complexity index is 397. The average Bonchev–Trinajstić information content (AvgIpc) is 2.82. The van der Waals surface area contributed by atoms with Crippen molar-refractivity contribution in [3.05, 3.63) is 29.8 Å². The van der Waals surface area contributed by atoms with E-state index in [2.05, 4.69) is 5.32 Å². The summed E-state index contributed by atoms with van der Waals surface area (Å²) in [6.45, 7) is 0.576. The van der Waals surface area contributed by atoms with Crippen molar-refractivity contribution in [3.63, 3.8) is 0 Å². The highest BCUT2D eigenvalue weighted by atomic mass is 16.5. The molecule has 3 heteroatoms. The molecule has 0 spiro atoms. The SMILES string of the molecule is COCc1cccc(NC(=O)CC2CCCC2)c1. The molecule has 0 unspecified atom stereocenters. The van der Waals surface area contributed by atoms with Crippen LogP contribution in [-0.4, -0.2) is 13.0 Å². The fourth-order valence-corrected chi connectivity index (χ4v) is 2.59. The summed E-state index contributed by atoms with van der Waals surface area (Å²) >= 11 is 0. The lowest BCUT2D eigenvalue weighted by Crippen LogP contribution is -2.15. The summed E-state index contributed by atoms with van der Waals surface area (Å²) in [7, 11) is 1.67. The summed E-state index contributed by atoms with van der Waals surface area (Å²) in [6.07, 6.45) is 5.63. The van der Waals surface area contributed by atoms with Crippen molar-refractivity contribution < 1.29 is 9.53 Å². The standard InChI is InChI=1S/C15H21NO2/c1-18-11-13-7-4-8-14(9-13)16-15(17)10-12-5-2-3-6-12/h4,7-9,12H,2-3,5-6,10-11H2,1H3,(H,16,17). The van der Waals surface area contributed by atoms with Gasteiger partial charge in [-0.15, -0.1) is 0 Å². The summed E-state index contributed by atoms with van der Waals surface area (Å²) < 4.78 is 5.08. The van der Waals surface area contributed by atoms with Crippen molar-refractivity contribution in [1.82, 2.24) is 0 Å². The molecule has 0 aromatic heterocycles. The highest BCUT2D eigenvalue weighted by molar-refractivity contribution is 5.90. The summed E-state index contributed by atoms with van der Waals surface area (Å²) in [5, 5.41) is 2.97. The monoisotopic (exact) mass is 247 g/mol. The van der Waals surface area contributed by atoms with Gasteiger partial charge in [-0.3, -0.25) is 4.79 Å². The molecule has 0 atom stereocenters. The van der Waals surface area contributed by atoms with E-state index in [4.69, 9.17) is 4.74 Å². The second-order valence-corrected chi connectivity index (χ2v) is 5.04. The minimum atomic E-state index is 0.136. The predicted octanol–water partition coefficient (Wildman–Crippen LogP) is 3.35. The maximum Gasteiger partial charge on any atom is 0.224 e. The Morgan fingerprint density at radius 2 is 2.17 bits per heavy atom. The van der Waals surface area contributed by atoms with E-state index in [1.807, 2.05) is 24.3 Å². The molecule has 1 aliphatic carbocycles. The van der Waals surface area contributed by atoms with E-state index in [1.54, 1.807) is 7.11 Å². The van der Waals surface area contributed by atoms with Gasteiger partial charge in [0.15, 0.2) is 0 Å². The first-order chi connectivity index (χ1) is 8.78. The van der Waals surface area contributed by atoms with Crippen LogP contribution in [0, 0.1) is 5.92 Å². The first-order valence-corrected chi connectivity index (χ1v) is 6.65. The van der Waals surface area contributed by atoms with Gasteiger partial charge in [0.2, 0.25) is 5.91 Å². The molecular formula is C15H21NO2. The Kier molecular flexibility index (Phi) is 4.76. The lowest BCUT2D eigenvalue weighted by molar-refractivity contribution is -0.117. The number of anilines is 1. The van der Waals surface area contributed by atoms with E-state index in [0.717, 1.165) is 11.3 Å². The van der Waals surface area contributed by atoms with Crippen LogP contribution < -0.4 is 5.32 Å². The number of carbonyl (C=O) groups excluding carboxylic acids is 1. The molecule has 1 aliphatic rings. The Morgan fingerprint density at radius 3 is 2.89 bits per heavy atom. The second kappa shape index (κ2) is 6.55. The molecule has 0 bridgehead atoms. The van der Waals surface area contributed by atoms with Crippen LogP contribution in [0.4, 0.5) is 5.69 Å². The van der Waals surface area contributed by atoms with Gasteiger partial charge >= 0.3 is 0 Å². The fraction of sp³-hybridized carbons (Fsp3) is 0.533. The third-order valence-electron chi connectivity index (χ3n) is 3.47. The van der Waals surface area contributed by atoms with Gasteiger partial charge in [0, 0.05) is 19.2 Å². The molecule has 1 aromatic carbocycles. The van der Waals surface area contributed by atoms with Crippen LogP contribution in [0.1, 0.15) is 37.7 Å². The fourth-order valence-electron chi connectivity index (χ4n) is 2.59. The number of hydrogen-bond donors (Lipinski definition) is 1. The zero-order valence-corrected chi connectivity index (χ0v) is 10.9. The molecule has 2 rings (SSSR count). The molecule has 1 fully saturated rings. The number of benzene rings is 1. The Morgan fingerprint density at radius 1 is 1.39 bits per heavy atom. The van der Waals surface area contributed by atoms with Gasteiger partial charge in [0.1, 0.15) is 0 Å². The van der Waals surface area contributed by atoms with E-state index < -0.39 is 0 Å². The molecule has 1 amide bonds. The molecule has 1 aromatic rings. The van der Waals surface area contributed by atoms with Gasteiger partial charge in [-0.1, -0.05) is 25.0 Å². The number of amides is 1. The van der Waals surface area contributed by atoms with Crippen molar-refractivity contribution in [1.29, 1.82) is 0 Å². The van der Waals surface area contributed by atoms with E-state index in [9.17, 15) is 4.79 Å². The number of carbonyl (C=O) groups is 1. The molecule has 18 heavy (non-hydrogen) atoms. The third kappa shape index (κ3) is 3.84. The molecule has 0 aliphatic heterocycles. The lowest BCUT2D eigenvalue weighted by Gasteiger charge is -2.10. The first kappa shape index (κ1) is 13.1. The minimum absolute atomic E-state index is 0.136. The molecule has 3 nitrogen and oxygen atoms in total. The van der Waals surface area contributed by atoms with E-state index in [1.165, 1.54) is 25.7 Å². The Balaban J connectivity index is 1.87. The number of hydrogen-bond acceptors (Lipinski definition) is 2.